The number of nitrogens with zero attached hydrogens (tertiary/aromatic N) is 2. The third kappa shape index (κ3) is 4.07. The number of rotatable bonds is 5. The lowest BCUT2D eigenvalue weighted by molar-refractivity contribution is -0.137. The molecule has 2 rings (SSSR count). The van der Waals surface area contributed by atoms with Gasteiger partial charge in [0.2, 0.25) is 6.04 Å². The van der Waals surface area contributed by atoms with Crippen LogP contribution in [0.5, 0.6) is 5.75 Å². The van der Waals surface area contributed by atoms with Gasteiger partial charge in [-0.1, -0.05) is 30.3 Å². The fourth-order valence-electron chi connectivity index (χ4n) is 2.01. The van der Waals surface area contributed by atoms with E-state index in [1.807, 2.05) is 0 Å². The molecule has 1 unspecified atom stereocenters. The van der Waals surface area contributed by atoms with Crippen LogP contribution in [0, 0.1) is 16.2 Å². The van der Waals surface area contributed by atoms with E-state index in [2.05, 4.69) is 5.18 Å². The minimum atomic E-state index is -4.45. The number of ether oxygens (including phenoxy) is 1. The van der Waals surface area contributed by atoms with Crippen LogP contribution in [0.2, 0.25) is 0 Å². The number of nitriles is 1. The van der Waals surface area contributed by atoms with E-state index in [9.17, 15) is 18.1 Å². The molecule has 7 heteroatoms. The standard InChI is InChI=1S/C16H11F3N2O2/c17-16(18,19)12-5-3-6-13(8-12)23-10-11-4-1-2-7-14(11)15(9-20)21-22/h1-8,15H,10H2. The zero-order valence-corrected chi connectivity index (χ0v) is 11.7. The molecule has 0 fully saturated rings. The van der Waals surface area contributed by atoms with Crippen LogP contribution in [0.25, 0.3) is 0 Å². The molecule has 23 heavy (non-hydrogen) atoms. The number of halogens is 3. The molecule has 0 heterocycles. The Morgan fingerprint density at radius 3 is 2.57 bits per heavy atom. The Morgan fingerprint density at radius 1 is 1.17 bits per heavy atom. The predicted octanol–water partition coefficient (Wildman–Crippen LogP) is 4.62. The maximum atomic E-state index is 12.7. The van der Waals surface area contributed by atoms with E-state index in [0.29, 0.717) is 11.1 Å². The summed E-state index contributed by atoms with van der Waals surface area (Å²) < 4.78 is 43.3. The van der Waals surface area contributed by atoms with Gasteiger partial charge >= 0.3 is 6.18 Å². The Kier molecular flexibility index (Phi) is 4.96. The van der Waals surface area contributed by atoms with Gasteiger partial charge in [-0.15, -0.1) is 4.91 Å². The van der Waals surface area contributed by atoms with Gasteiger partial charge < -0.3 is 4.74 Å². The molecule has 4 nitrogen and oxygen atoms in total. The Balaban J connectivity index is 2.19. The molecule has 0 aliphatic heterocycles. The molecular formula is C16H11F3N2O2. The molecule has 0 radical (unpaired) electrons. The first-order valence-corrected chi connectivity index (χ1v) is 6.55. The number of benzene rings is 2. The first kappa shape index (κ1) is 16.5. The molecule has 118 valence electrons. The second-order valence-corrected chi connectivity index (χ2v) is 4.65. The molecule has 0 bridgehead atoms. The smallest absolute Gasteiger partial charge is 0.416 e. The van der Waals surface area contributed by atoms with Gasteiger partial charge in [-0.2, -0.15) is 18.4 Å². The van der Waals surface area contributed by atoms with E-state index in [4.69, 9.17) is 10.00 Å². The Bertz CT molecular complexity index is 739. The summed E-state index contributed by atoms with van der Waals surface area (Å²) in [5.41, 5.74) is 0.0702. The van der Waals surface area contributed by atoms with Crippen molar-refractivity contribution < 1.29 is 17.9 Å². The first-order chi connectivity index (χ1) is 11.0. The van der Waals surface area contributed by atoms with Crippen molar-refractivity contribution in [3.8, 4) is 11.8 Å². The summed E-state index contributed by atoms with van der Waals surface area (Å²) >= 11 is 0. The molecule has 0 amide bonds. The second-order valence-electron chi connectivity index (χ2n) is 4.65. The Labute approximate surface area is 130 Å². The van der Waals surface area contributed by atoms with Crippen molar-refractivity contribution >= 4 is 0 Å². The van der Waals surface area contributed by atoms with Gasteiger partial charge in [0.05, 0.1) is 11.6 Å². The van der Waals surface area contributed by atoms with Crippen molar-refractivity contribution in [2.45, 2.75) is 18.8 Å². The molecule has 1 atom stereocenters. The molecule has 0 saturated carbocycles. The summed E-state index contributed by atoms with van der Waals surface area (Å²) in [5, 5.41) is 11.6. The van der Waals surface area contributed by atoms with Crippen LogP contribution in [-0.2, 0) is 12.8 Å². The average molecular weight is 320 g/mol. The summed E-state index contributed by atoms with van der Waals surface area (Å²) in [4.78, 5) is 10.7. The fraction of sp³-hybridized carbons (Fsp3) is 0.188. The average Bonchev–Trinajstić information content (AvgIpc) is 2.54. The third-order valence-electron chi connectivity index (χ3n) is 3.13. The molecule has 0 aromatic heterocycles. The van der Waals surface area contributed by atoms with Crippen LogP contribution in [0.3, 0.4) is 0 Å². The molecule has 0 spiro atoms. The SMILES string of the molecule is N#CC(N=O)c1ccccc1COc1cccc(C(F)(F)F)c1. The number of hydrogen-bond donors (Lipinski definition) is 0. The lowest BCUT2D eigenvalue weighted by Gasteiger charge is -2.12. The third-order valence-corrected chi connectivity index (χ3v) is 3.13. The van der Waals surface area contributed by atoms with E-state index >= 15 is 0 Å². The highest BCUT2D eigenvalue weighted by molar-refractivity contribution is 5.34. The highest BCUT2D eigenvalue weighted by atomic mass is 19.4. The largest absolute Gasteiger partial charge is 0.489 e. The molecule has 0 saturated heterocycles. The van der Waals surface area contributed by atoms with Crippen LogP contribution < -0.4 is 4.74 Å². The summed E-state index contributed by atoms with van der Waals surface area (Å²) in [6.45, 7) is -0.0782. The number of hydrogen-bond acceptors (Lipinski definition) is 4. The lowest BCUT2D eigenvalue weighted by Crippen LogP contribution is -2.06. The van der Waals surface area contributed by atoms with Gasteiger partial charge in [0.1, 0.15) is 12.4 Å². The normalized spacial score (nSPS) is 12.3. The molecule has 2 aromatic rings. The van der Waals surface area contributed by atoms with Gasteiger partial charge in [0, 0.05) is 5.56 Å². The van der Waals surface area contributed by atoms with Crippen molar-refractivity contribution in [3.05, 3.63) is 70.1 Å². The fourth-order valence-corrected chi connectivity index (χ4v) is 2.01. The van der Waals surface area contributed by atoms with Crippen LogP contribution in [0.1, 0.15) is 22.7 Å². The maximum Gasteiger partial charge on any atom is 0.416 e. The van der Waals surface area contributed by atoms with E-state index in [0.717, 1.165) is 12.1 Å². The van der Waals surface area contributed by atoms with Crippen LogP contribution in [0.4, 0.5) is 13.2 Å². The molecule has 0 aliphatic rings. The van der Waals surface area contributed by atoms with E-state index in [-0.39, 0.29) is 12.4 Å². The molecular weight excluding hydrogens is 309 g/mol. The Morgan fingerprint density at radius 2 is 1.91 bits per heavy atom. The van der Waals surface area contributed by atoms with Gasteiger partial charge in [-0.05, 0) is 28.9 Å². The zero-order chi connectivity index (χ0) is 16.9. The lowest BCUT2D eigenvalue weighted by atomic mass is 10.0. The minimum Gasteiger partial charge on any atom is -0.489 e. The summed E-state index contributed by atoms with van der Waals surface area (Å²) in [6.07, 6.45) is -4.45. The minimum absolute atomic E-state index is 0.0437. The van der Waals surface area contributed by atoms with Crippen LogP contribution >= 0.6 is 0 Å². The quantitative estimate of drug-likeness (QED) is 0.755. The summed E-state index contributed by atoms with van der Waals surface area (Å²) in [6, 6.07) is 11.5. The van der Waals surface area contributed by atoms with Crippen molar-refractivity contribution in [1.82, 2.24) is 0 Å². The topological polar surface area (TPSA) is 62.5 Å². The van der Waals surface area contributed by atoms with Crippen LogP contribution in [-0.4, -0.2) is 0 Å². The highest BCUT2D eigenvalue weighted by Gasteiger charge is 2.30. The van der Waals surface area contributed by atoms with Crippen molar-refractivity contribution in [3.63, 3.8) is 0 Å². The van der Waals surface area contributed by atoms with E-state index in [1.165, 1.54) is 12.1 Å². The molecule has 0 N–H and O–H groups in total. The molecule has 2 aromatic carbocycles. The van der Waals surface area contributed by atoms with Gasteiger partial charge in [0.15, 0.2) is 0 Å². The summed E-state index contributed by atoms with van der Waals surface area (Å²) in [7, 11) is 0. The van der Waals surface area contributed by atoms with Gasteiger partial charge in [-0.25, -0.2) is 0 Å². The van der Waals surface area contributed by atoms with Crippen molar-refractivity contribution in [2.75, 3.05) is 0 Å². The van der Waals surface area contributed by atoms with E-state index in [1.54, 1.807) is 30.3 Å². The second kappa shape index (κ2) is 6.92. The monoisotopic (exact) mass is 320 g/mol. The first-order valence-electron chi connectivity index (χ1n) is 6.55. The molecule has 0 aliphatic carbocycles. The number of alkyl halides is 3. The number of nitroso groups, excluding NO2 is 1. The highest BCUT2D eigenvalue weighted by Crippen LogP contribution is 2.31. The Hall–Kier alpha value is -2.88. The van der Waals surface area contributed by atoms with Crippen LogP contribution in [0.15, 0.2) is 53.7 Å². The predicted molar refractivity (Wildman–Crippen MR) is 76.4 cm³/mol. The van der Waals surface area contributed by atoms with E-state index < -0.39 is 17.8 Å². The maximum absolute atomic E-state index is 12.7. The zero-order valence-electron chi connectivity index (χ0n) is 11.7. The summed E-state index contributed by atoms with van der Waals surface area (Å²) in [5.74, 6) is 0.0437. The van der Waals surface area contributed by atoms with Crippen molar-refractivity contribution in [2.24, 2.45) is 5.18 Å². The van der Waals surface area contributed by atoms with Gasteiger partial charge in [0.25, 0.3) is 0 Å². The van der Waals surface area contributed by atoms with Crippen molar-refractivity contribution in [1.29, 1.82) is 5.26 Å². The van der Waals surface area contributed by atoms with Gasteiger partial charge in [-0.3, -0.25) is 0 Å².